The molecular weight excluding hydrogens is 301 g/mol. The molecule has 0 N–H and O–H groups in total. The minimum atomic E-state index is -4.44. The maximum atomic E-state index is 12.5. The third-order valence-electron chi connectivity index (χ3n) is 2.44. The average molecular weight is 309 g/mol. The van der Waals surface area contributed by atoms with Crippen molar-refractivity contribution >= 4 is 27.5 Å². The first-order chi connectivity index (χ1) is 7.88. The van der Waals surface area contributed by atoms with Crippen LogP contribution in [0.1, 0.15) is 12.0 Å². The van der Waals surface area contributed by atoms with Crippen molar-refractivity contribution in [2.75, 3.05) is 11.4 Å². The van der Waals surface area contributed by atoms with Crippen molar-refractivity contribution < 1.29 is 18.0 Å². The van der Waals surface area contributed by atoms with Crippen LogP contribution in [0.5, 0.6) is 0 Å². The summed E-state index contributed by atoms with van der Waals surface area (Å²) in [4.78, 5) is 16.3. The van der Waals surface area contributed by atoms with E-state index in [-0.39, 0.29) is 22.8 Å². The van der Waals surface area contributed by atoms with Gasteiger partial charge in [-0.05, 0) is 6.07 Å². The summed E-state index contributed by atoms with van der Waals surface area (Å²) in [6.07, 6.45) is -2.15. The van der Waals surface area contributed by atoms with Gasteiger partial charge in [-0.15, -0.1) is 0 Å². The first-order valence-electron chi connectivity index (χ1n) is 4.84. The summed E-state index contributed by atoms with van der Waals surface area (Å²) in [5, 5.41) is 0. The molecule has 1 aliphatic heterocycles. The highest BCUT2D eigenvalue weighted by Crippen LogP contribution is 2.32. The van der Waals surface area contributed by atoms with Gasteiger partial charge < -0.3 is 4.90 Å². The van der Waals surface area contributed by atoms with Crippen molar-refractivity contribution in [3.05, 3.63) is 24.0 Å². The van der Waals surface area contributed by atoms with Crippen molar-refractivity contribution in [3.63, 3.8) is 0 Å². The summed E-state index contributed by atoms with van der Waals surface area (Å²) in [6.45, 7) is 0.363. The van der Waals surface area contributed by atoms with Crippen LogP contribution in [0.3, 0.4) is 0 Å². The van der Waals surface area contributed by atoms with E-state index >= 15 is 0 Å². The van der Waals surface area contributed by atoms with Gasteiger partial charge in [0, 0.05) is 24.0 Å². The second kappa shape index (κ2) is 4.29. The fourth-order valence-corrected chi connectivity index (χ4v) is 2.21. The average Bonchev–Trinajstić information content (AvgIpc) is 2.57. The van der Waals surface area contributed by atoms with Crippen LogP contribution in [0.2, 0.25) is 0 Å². The van der Waals surface area contributed by atoms with Crippen molar-refractivity contribution in [1.82, 2.24) is 4.98 Å². The molecular formula is C10H8BrF3N2O. The van der Waals surface area contributed by atoms with E-state index in [0.29, 0.717) is 6.54 Å². The zero-order valence-electron chi connectivity index (χ0n) is 8.54. The number of amides is 1. The minimum Gasteiger partial charge on any atom is -0.310 e. The molecule has 0 aromatic carbocycles. The highest BCUT2D eigenvalue weighted by Gasteiger charge is 2.34. The van der Waals surface area contributed by atoms with Gasteiger partial charge in [0.2, 0.25) is 5.91 Å². The van der Waals surface area contributed by atoms with Crippen molar-refractivity contribution in [2.24, 2.45) is 0 Å². The topological polar surface area (TPSA) is 33.2 Å². The van der Waals surface area contributed by atoms with Crippen LogP contribution in [0.4, 0.5) is 18.9 Å². The second-order valence-electron chi connectivity index (χ2n) is 3.74. The molecule has 1 aromatic heterocycles. The molecule has 0 radical (unpaired) electrons. The summed E-state index contributed by atoms with van der Waals surface area (Å²) in [5.74, 6) is -0.201. The van der Waals surface area contributed by atoms with E-state index in [1.165, 1.54) is 11.1 Å². The Hall–Kier alpha value is -1.11. The molecule has 2 heterocycles. The standard InChI is InChI=1S/C10H8BrF3N2O/c11-7-2-9(17)16(5-7)8-1-6(3-15-4-8)10(12,13)14/h1,3-4,7H,2,5H2. The predicted molar refractivity (Wildman–Crippen MR) is 58.9 cm³/mol. The largest absolute Gasteiger partial charge is 0.417 e. The van der Waals surface area contributed by atoms with Crippen LogP contribution in [0, 0.1) is 0 Å². The monoisotopic (exact) mass is 308 g/mol. The van der Waals surface area contributed by atoms with E-state index in [9.17, 15) is 18.0 Å². The van der Waals surface area contributed by atoms with E-state index in [4.69, 9.17) is 0 Å². The van der Waals surface area contributed by atoms with Gasteiger partial charge in [0.1, 0.15) is 0 Å². The molecule has 1 unspecified atom stereocenters. The number of anilines is 1. The molecule has 7 heteroatoms. The van der Waals surface area contributed by atoms with Crippen LogP contribution >= 0.6 is 15.9 Å². The number of aromatic nitrogens is 1. The Morgan fingerprint density at radius 3 is 2.65 bits per heavy atom. The van der Waals surface area contributed by atoms with Gasteiger partial charge >= 0.3 is 6.18 Å². The summed E-state index contributed by atoms with van der Waals surface area (Å²) in [7, 11) is 0. The van der Waals surface area contributed by atoms with E-state index in [0.717, 1.165) is 12.3 Å². The quantitative estimate of drug-likeness (QED) is 0.747. The van der Waals surface area contributed by atoms with Gasteiger partial charge in [0.05, 0.1) is 17.4 Å². The SMILES string of the molecule is O=C1CC(Br)CN1c1cncc(C(F)(F)F)c1. The van der Waals surface area contributed by atoms with Gasteiger partial charge in [0.15, 0.2) is 0 Å². The first kappa shape index (κ1) is 12.3. The molecule has 2 rings (SSSR count). The fourth-order valence-electron chi connectivity index (χ4n) is 1.64. The smallest absolute Gasteiger partial charge is 0.310 e. The lowest BCUT2D eigenvalue weighted by molar-refractivity contribution is -0.137. The number of hydrogen-bond acceptors (Lipinski definition) is 2. The third-order valence-corrected chi connectivity index (χ3v) is 3.05. The number of hydrogen-bond donors (Lipinski definition) is 0. The highest BCUT2D eigenvalue weighted by molar-refractivity contribution is 9.09. The van der Waals surface area contributed by atoms with Gasteiger partial charge in [0.25, 0.3) is 0 Å². The molecule has 0 spiro atoms. The molecule has 1 fully saturated rings. The number of alkyl halides is 4. The fraction of sp³-hybridized carbons (Fsp3) is 0.400. The van der Waals surface area contributed by atoms with Crippen LogP contribution < -0.4 is 4.90 Å². The predicted octanol–water partition coefficient (Wildman–Crippen LogP) is 2.60. The van der Waals surface area contributed by atoms with Gasteiger partial charge in [-0.25, -0.2) is 0 Å². The van der Waals surface area contributed by atoms with Crippen LogP contribution in [-0.2, 0) is 11.0 Å². The molecule has 3 nitrogen and oxygen atoms in total. The molecule has 17 heavy (non-hydrogen) atoms. The lowest BCUT2D eigenvalue weighted by atomic mass is 10.2. The van der Waals surface area contributed by atoms with Crippen molar-refractivity contribution in [2.45, 2.75) is 17.4 Å². The van der Waals surface area contributed by atoms with Crippen molar-refractivity contribution in [1.29, 1.82) is 0 Å². The summed E-state index contributed by atoms with van der Waals surface area (Å²) < 4.78 is 37.4. The molecule has 1 amide bonds. The first-order valence-corrected chi connectivity index (χ1v) is 5.76. The second-order valence-corrected chi connectivity index (χ2v) is 5.03. The Morgan fingerprint density at radius 1 is 1.41 bits per heavy atom. The maximum Gasteiger partial charge on any atom is 0.417 e. The molecule has 92 valence electrons. The zero-order chi connectivity index (χ0) is 12.6. The lowest BCUT2D eigenvalue weighted by Gasteiger charge is -2.16. The van der Waals surface area contributed by atoms with Gasteiger partial charge in [-0.1, -0.05) is 15.9 Å². The maximum absolute atomic E-state index is 12.5. The summed E-state index contributed by atoms with van der Waals surface area (Å²) >= 11 is 3.27. The number of halogens is 4. The molecule has 1 saturated heterocycles. The zero-order valence-corrected chi connectivity index (χ0v) is 10.1. The lowest BCUT2D eigenvalue weighted by Crippen LogP contribution is -2.25. The van der Waals surface area contributed by atoms with E-state index < -0.39 is 11.7 Å². The van der Waals surface area contributed by atoms with Gasteiger partial charge in [-0.2, -0.15) is 13.2 Å². The van der Waals surface area contributed by atoms with E-state index in [1.54, 1.807) is 0 Å². The number of nitrogens with zero attached hydrogens (tertiary/aromatic N) is 2. The number of rotatable bonds is 1. The number of carbonyl (C=O) groups is 1. The number of pyridine rings is 1. The number of carbonyl (C=O) groups excluding carboxylic acids is 1. The summed E-state index contributed by atoms with van der Waals surface area (Å²) in [6, 6.07) is 0.940. The Morgan fingerprint density at radius 2 is 2.12 bits per heavy atom. The van der Waals surface area contributed by atoms with Crippen LogP contribution in [-0.4, -0.2) is 22.3 Å². The molecule has 1 aromatic rings. The normalized spacial score (nSPS) is 21.1. The van der Waals surface area contributed by atoms with Crippen molar-refractivity contribution in [3.8, 4) is 0 Å². The minimum absolute atomic E-state index is 0.0236. The molecule has 0 saturated carbocycles. The van der Waals surface area contributed by atoms with Crippen LogP contribution in [0.15, 0.2) is 18.5 Å². The Bertz CT molecular complexity index is 449. The summed E-state index contributed by atoms with van der Waals surface area (Å²) in [5.41, 5.74) is -0.660. The highest BCUT2D eigenvalue weighted by atomic mass is 79.9. The molecule has 0 aliphatic carbocycles. The van der Waals surface area contributed by atoms with E-state index in [1.807, 2.05) is 0 Å². The Labute approximate surface area is 104 Å². The molecule has 1 atom stereocenters. The van der Waals surface area contributed by atoms with Gasteiger partial charge in [-0.3, -0.25) is 9.78 Å². The Balaban J connectivity index is 2.31. The third kappa shape index (κ3) is 2.59. The molecule has 1 aliphatic rings. The Kier molecular flexibility index (Phi) is 3.11. The van der Waals surface area contributed by atoms with E-state index in [2.05, 4.69) is 20.9 Å². The molecule has 0 bridgehead atoms. The van der Waals surface area contributed by atoms with Crippen LogP contribution in [0.25, 0.3) is 0 Å².